The van der Waals surface area contributed by atoms with Crippen LogP contribution in [0, 0.1) is 0 Å². The quantitative estimate of drug-likeness (QED) is 0.641. The minimum atomic E-state index is -0.498. The Balaban J connectivity index is 0.00000120. The monoisotopic (exact) mass is 304 g/mol. The van der Waals surface area contributed by atoms with Gasteiger partial charge in [0.15, 0.2) is 0 Å². The van der Waals surface area contributed by atoms with Gasteiger partial charge in [0.25, 0.3) is 5.66 Å². The van der Waals surface area contributed by atoms with Gasteiger partial charge < -0.3 is 17.0 Å². The van der Waals surface area contributed by atoms with Crippen molar-refractivity contribution in [2.45, 2.75) is 5.66 Å². The summed E-state index contributed by atoms with van der Waals surface area (Å²) in [6, 6.07) is 20.3. The summed E-state index contributed by atoms with van der Waals surface area (Å²) in [6.07, 6.45) is 0. The second-order valence-corrected chi connectivity index (χ2v) is 3.97. The molecule has 0 unspecified atom stereocenters. The number of nitrogens with two attached hydrogens (primary N) is 1. The lowest BCUT2D eigenvalue weighted by molar-refractivity contribution is -0.761. The molecule has 0 aromatic heterocycles. The molecule has 5 heteroatoms. The molecule has 0 amide bonds. The van der Waals surface area contributed by atoms with Crippen molar-refractivity contribution in [1.29, 1.82) is 0 Å². The molecule has 0 saturated carbocycles. The summed E-state index contributed by atoms with van der Waals surface area (Å²) in [5.41, 5.74) is 6.48. The van der Waals surface area contributed by atoms with E-state index in [-0.39, 0.29) is 17.0 Å². The fourth-order valence-electron chi connectivity index (χ4n) is 2.09. The molecule has 0 bridgehead atoms. The van der Waals surface area contributed by atoms with Crippen LogP contribution in [-0.4, -0.2) is 0 Å². The van der Waals surface area contributed by atoms with Crippen molar-refractivity contribution in [3.05, 3.63) is 71.8 Å². The molecular weight excluding hydrogens is 292 g/mol. The minimum Gasteiger partial charge on any atom is -1.00 e. The largest absolute Gasteiger partial charge is 1.00 e. The number of nitrogens with one attached hydrogen (secondary N) is 1. The third kappa shape index (κ3) is 2.02. The van der Waals surface area contributed by atoms with Crippen molar-refractivity contribution < 1.29 is 22.4 Å². The van der Waals surface area contributed by atoms with Crippen molar-refractivity contribution in [2.75, 3.05) is 0 Å². The maximum absolute atomic E-state index is 4.37. The van der Waals surface area contributed by atoms with E-state index in [1.807, 2.05) is 41.8 Å². The van der Waals surface area contributed by atoms with Gasteiger partial charge in [-0.2, -0.15) is 5.43 Å². The van der Waals surface area contributed by atoms with E-state index in [0.29, 0.717) is 0 Å². The molecule has 2 aromatic carbocycles. The molecule has 0 saturated heterocycles. The smallest absolute Gasteiger partial charge is 0.285 e. The van der Waals surface area contributed by atoms with Crippen LogP contribution in [0.25, 0.3) is 0 Å². The van der Waals surface area contributed by atoms with Crippen LogP contribution in [0.15, 0.2) is 71.0 Å². The molecule has 1 aliphatic heterocycles. The number of rotatable bonds is 2. The Morgan fingerprint density at radius 2 is 1.33 bits per heavy atom. The molecule has 0 fully saturated rings. The Hall–Kier alpha value is -1.72. The van der Waals surface area contributed by atoms with Gasteiger partial charge in [0.2, 0.25) is 0 Å². The van der Waals surface area contributed by atoms with E-state index in [4.69, 9.17) is 0 Å². The van der Waals surface area contributed by atoms with Gasteiger partial charge >= 0.3 is 0 Å². The predicted octanol–water partition coefficient (Wildman–Crippen LogP) is -1.66. The average molecular weight is 305 g/mol. The lowest BCUT2D eigenvalue weighted by Gasteiger charge is -2.20. The maximum Gasteiger partial charge on any atom is 0.285 e. The Kier molecular flexibility index (Phi) is 3.74. The molecule has 0 atom stereocenters. The molecule has 1 heterocycles. The first-order valence-corrected chi connectivity index (χ1v) is 5.55. The highest BCUT2D eigenvalue weighted by molar-refractivity contribution is 5.34. The molecule has 18 heavy (non-hydrogen) atoms. The van der Waals surface area contributed by atoms with Crippen molar-refractivity contribution in [1.82, 2.24) is 5.53 Å². The zero-order valence-corrected chi connectivity index (χ0v) is 11.2. The van der Waals surface area contributed by atoms with E-state index >= 15 is 0 Å². The van der Waals surface area contributed by atoms with Crippen LogP contribution in [0.4, 0.5) is 0 Å². The third-order valence-corrected chi connectivity index (χ3v) is 2.97. The fourth-order valence-corrected chi connectivity index (χ4v) is 2.09. The molecule has 0 spiro atoms. The van der Waals surface area contributed by atoms with E-state index in [0.717, 1.165) is 11.1 Å². The van der Waals surface area contributed by atoms with Gasteiger partial charge in [-0.15, -0.1) is 5.53 Å². The normalized spacial score (nSPS) is 15.8. The number of hydrogen-bond donors (Lipinski definition) is 2. The van der Waals surface area contributed by atoms with E-state index < -0.39 is 5.66 Å². The van der Waals surface area contributed by atoms with Crippen LogP contribution in [-0.2, 0) is 5.66 Å². The van der Waals surface area contributed by atoms with E-state index in [2.05, 4.69) is 40.1 Å². The van der Waals surface area contributed by atoms with Gasteiger partial charge in [-0.1, -0.05) is 65.8 Å². The number of hydrogen-bond acceptors (Lipinski definition) is 3. The van der Waals surface area contributed by atoms with Crippen molar-refractivity contribution >= 4 is 0 Å². The summed E-state index contributed by atoms with van der Waals surface area (Å²) in [5.74, 6) is 0. The van der Waals surface area contributed by atoms with Crippen LogP contribution in [0.2, 0.25) is 0 Å². The van der Waals surface area contributed by atoms with Gasteiger partial charge in [-0.3, -0.25) is 0 Å². The highest BCUT2D eigenvalue weighted by Crippen LogP contribution is 2.28. The van der Waals surface area contributed by atoms with Gasteiger partial charge in [-0.05, 0) is 5.22 Å². The van der Waals surface area contributed by atoms with Crippen LogP contribution < -0.4 is 27.9 Å². The highest BCUT2D eigenvalue weighted by Gasteiger charge is 2.42. The molecule has 4 nitrogen and oxygen atoms in total. The summed E-state index contributed by atoms with van der Waals surface area (Å²) in [6.45, 7) is 0. The Morgan fingerprint density at radius 1 is 0.833 bits per heavy atom. The molecule has 0 aliphatic carbocycles. The van der Waals surface area contributed by atoms with Crippen LogP contribution >= 0.6 is 0 Å². The molecule has 0 radical (unpaired) electrons. The fraction of sp³-hybridized carbons (Fsp3) is 0.0769. The van der Waals surface area contributed by atoms with Crippen molar-refractivity contribution in [2.24, 2.45) is 10.3 Å². The second kappa shape index (κ2) is 5.29. The first-order valence-electron chi connectivity index (χ1n) is 5.55. The van der Waals surface area contributed by atoms with E-state index in [1.165, 1.54) is 0 Å². The van der Waals surface area contributed by atoms with Crippen LogP contribution in [0.3, 0.4) is 0 Å². The Labute approximate surface area is 116 Å². The molecule has 3 N–H and O–H groups in total. The molecule has 1 aliphatic rings. The Morgan fingerprint density at radius 3 is 1.72 bits per heavy atom. The SMILES string of the molecule is [Br-].c1ccc(C2(c3ccccc3)N=NN[NH2+]2)cc1. The van der Waals surface area contributed by atoms with Gasteiger partial charge in [0.1, 0.15) is 0 Å². The topological polar surface area (TPSA) is 53.4 Å². The predicted molar refractivity (Wildman–Crippen MR) is 63.6 cm³/mol. The minimum absolute atomic E-state index is 0. The number of benzene rings is 2. The van der Waals surface area contributed by atoms with Crippen molar-refractivity contribution in [3.63, 3.8) is 0 Å². The number of halogens is 1. The maximum atomic E-state index is 4.37. The Bertz CT molecular complexity index is 488. The molecule has 92 valence electrons. The molecular formula is C13H13BrN4. The molecule has 3 rings (SSSR count). The molecule has 2 aromatic rings. The first kappa shape index (κ1) is 12.7. The summed E-state index contributed by atoms with van der Waals surface area (Å²) in [7, 11) is 0. The third-order valence-electron chi connectivity index (χ3n) is 2.97. The first-order chi connectivity index (χ1) is 8.42. The average Bonchev–Trinajstić information content (AvgIpc) is 2.91. The van der Waals surface area contributed by atoms with E-state index in [1.54, 1.807) is 0 Å². The summed E-state index contributed by atoms with van der Waals surface area (Å²) >= 11 is 0. The zero-order valence-electron chi connectivity index (χ0n) is 9.62. The number of quaternary nitrogens is 1. The number of nitrogens with zero attached hydrogens (tertiary/aromatic N) is 2. The summed E-state index contributed by atoms with van der Waals surface area (Å²) < 4.78 is 0. The lowest BCUT2D eigenvalue weighted by Crippen LogP contribution is -3.00. The van der Waals surface area contributed by atoms with Gasteiger partial charge in [-0.25, -0.2) is 0 Å². The zero-order chi connectivity index (χ0) is 11.6. The van der Waals surface area contributed by atoms with Crippen molar-refractivity contribution in [3.8, 4) is 0 Å². The van der Waals surface area contributed by atoms with Crippen LogP contribution in [0.5, 0.6) is 0 Å². The van der Waals surface area contributed by atoms with Crippen LogP contribution in [0.1, 0.15) is 11.1 Å². The van der Waals surface area contributed by atoms with Gasteiger partial charge in [0, 0.05) is 11.1 Å². The van der Waals surface area contributed by atoms with Gasteiger partial charge in [0.05, 0.1) is 0 Å². The standard InChI is InChI=1S/C13H12N4.BrH/c1-3-7-11(8-4-1)13(14-16-17-15-13)12-9-5-2-6-10-12;/h1-10H,(H,14,17)(H,15,16);1H. The van der Waals surface area contributed by atoms with E-state index in [9.17, 15) is 0 Å². The second-order valence-electron chi connectivity index (χ2n) is 3.97. The summed E-state index contributed by atoms with van der Waals surface area (Å²) in [4.78, 5) is 0. The lowest BCUT2D eigenvalue weighted by atomic mass is 9.93. The summed E-state index contributed by atoms with van der Waals surface area (Å²) in [5, 5.41) is 8.28. The highest BCUT2D eigenvalue weighted by atomic mass is 79.9.